The van der Waals surface area contributed by atoms with Crippen LogP contribution >= 0.6 is 20.2 Å². The lowest BCUT2D eigenvalue weighted by atomic mass is 10.4. The van der Waals surface area contributed by atoms with Crippen LogP contribution in [0.5, 0.6) is 0 Å². The summed E-state index contributed by atoms with van der Waals surface area (Å²) in [7, 11) is -2.34. The summed E-state index contributed by atoms with van der Waals surface area (Å²) < 4.78 is 17.8. The first-order valence-corrected chi connectivity index (χ1v) is 6.09. The van der Waals surface area contributed by atoms with Crippen LogP contribution in [0, 0.1) is 4.77 Å². The van der Waals surface area contributed by atoms with E-state index in [2.05, 4.69) is 15.5 Å². The molecule has 0 aliphatic rings. The summed E-state index contributed by atoms with van der Waals surface area (Å²) in [5.74, 6) is -0.671. The summed E-state index contributed by atoms with van der Waals surface area (Å²) in [6.45, 7) is 2.60. The van der Waals surface area contributed by atoms with Crippen molar-refractivity contribution in [3.63, 3.8) is 0 Å². The van der Waals surface area contributed by atoms with Gasteiger partial charge >= 0.3 is 8.03 Å². The van der Waals surface area contributed by atoms with Crippen molar-refractivity contribution < 1.29 is 14.2 Å². The van der Waals surface area contributed by atoms with Crippen LogP contribution in [0.15, 0.2) is 0 Å². The molecule has 15 heavy (non-hydrogen) atoms. The maximum atomic E-state index is 10.9. The Bertz CT molecular complexity index is 378. The van der Waals surface area contributed by atoms with Gasteiger partial charge in [-0.2, -0.15) is 10.1 Å². The van der Waals surface area contributed by atoms with E-state index >= 15 is 0 Å². The van der Waals surface area contributed by atoms with E-state index in [-0.39, 0.29) is 0 Å². The molecular weight excluding hydrogens is 239 g/mol. The summed E-state index contributed by atoms with van der Waals surface area (Å²) in [6, 6.07) is 0. The zero-order valence-electron chi connectivity index (χ0n) is 8.16. The Morgan fingerprint density at radius 2 is 2.53 bits per heavy atom. The van der Waals surface area contributed by atoms with Crippen molar-refractivity contribution in [2.75, 3.05) is 6.61 Å². The smallest absolute Gasteiger partial charge is 0.333 e. The fourth-order valence-electron chi connectivity index (χ4n) is 1.05. The van der Waals surface area contributed by atoms with Crippen molar-refractivity contribution in [2.45, 2.75) is 25.7 Å². The normalized spacial score (nSPS) is 13.9. The first kappa shape index (κ1) is 12.4. The predicted octanol–water partition coefficient (Wildman–Crippen LogP) is 0.823. The van der Waals surface area contributed by atoms with Crippen LogP contribution in [0.4, 0.5) is 0 Å². The number of nitrogens with one attached hydrogen (secondary N) is 1. The predicted molar refractivity (Wildman–Crippen MR) is 55.1 cm³/mol. The highest BCUT2D eigenvalue weighted by atomic mass is 32.1. The zero-order valence-corrected chi connectivity index (χ0v) is 9.87. The van der Waals surface area contributed by atoms with E-state index in [0.29, 0.717) is 24.3 Å². The number of hydrogen-bond donors (Lipinski definition) is 2. The van der Waals surface area contributed by atoms with E-state index in [4.69, 9.17) is 21.8 Å². The average molecular weight is 251 g/mol. The first-order chi connectivity index (χ1) is 7.15. The van der Waals surface area contributed by atoms with Crippen molar-refractivity contribution in [1.82, 2.24) is 20.2 Å². The third kappa shape index (κ3) is 3.75. The number of H-pyrrole nitrogens is 1. The van der Waals surface area contributed by atoms with Crippen molar-refractivity contribution in [1.29, 1.82) is 0 Å². The van der Waals surface area contributed by atoms with E-state index in [1.54, 1.807) is 6.92 Å². The summed E-state index contributed by atoms with van der Waals surface area (Å²) in [6.07, 6.45) is 0.387. The van der Waals surface area contributed by atoms with Crippen LogP contribution in [0.25, 0.3) is 0 Å². The van der Waals surface area contributed by atoms with Crippen molar-refractivity contribution >= 4 is 20.2 Å². The minimum absolute atomic E-state index is 0.318. The third-order valence-corrected chi connectivity index (χ3v) is 2.94. The second-order valence-corrected chi connectivity index (χ2v) is 4.28. The molecule has 0 fully saturated rings. The van der Waals surface area contributed by atoms with Crippen LogP contribution in [0.3, 0.4) is 0 Å². The van der Waals surface area contributed by atoms with E-state index in [1.807, 2.05) is 0 Å². The minimum Gasteiger partial charge on any atom is -0.333 e. The molecule has 84 valence electrons. The number of nitrogens with zero attached hydrogens (tertiary/aromatic N) is 3. The number of ether oxygens (including phenoxy) is 1. The van der Waals surface area contributed by atoms with E-state index < -0.39 is 13.9 Å². The molecule has 2 unspecified atom stereocenters. The van der Waals surface area contributed by atoms with Crippen LogP contribution in [-0.2, 0) is 15.8 Å². The van der Waals surface area contributed by atoms with Gasteiger partial charge in [-0.25, -0.2) is 4.68 Å². The lowest BCUT2D eigenvalue weighted by molar-refractivity contribution is 0.102. The van der Waals surface area contributed by atoms with E-state index in [0.717, 1.165) is 0 Å². The molecule has 0 aromatic carbocycles. The molecule has 1 aromatic heterocycles. The highest BCUT2D eigenvalue weighted by Crippen LogP contribution is 2.26. The Balaban J connectivity index is 2.50. The summed E-state index contributed by atoms with van der Waals surface area (Å²) in [5, 5.41) is 9.64. The summed E-state index contributed by atoms with van der Waals surface area (Å²) in [4.78, 5) is 8.95. The first-order valence-electron chi connectivity index (χ1n) is 4.40. The van der Waals surface area contributed by atoms with Crippen molar-refractivity contribution in [3.8, 4) is 0 Å². The van der Waals surface area contributed by atoms with Gasteiger partial charge in [-0.1, -0.05) is 10.3 Å². The molecule has 0 spiro atoms. The van der Waals surface area contributed by atoms with Gasteiger partial charge in [0.2, 0.25) is 4.77 Å². The molecule has 1 aromatic rings. The van der Waals surface area contributed by atoms with Gasteiger partial charge in [0.15, 0.2) is 0 Å². The van der Waals surface area contributed by atoms with Crippen molar-refractivity contribution in [2.24, 2.45) is 0 Å². The van der Waals surface area contributed by atoms with Gasteiger partial charge < -0.3 is 4.74 Å². The van der Waals surface area contributed by atoms with Crippen LogP contribution < -0.4 is 0 Å². The SMILES string of the molecule is CCOC(CCn1[nH]nnc1=S)[P+](=O)O. The Morgan fingerprint density at radius 3 is 3.00 bits per heavy atom. The zero-order chi connectivity index (χ0) is 11.3. The molecule has 0 aliphatic heterocycles. The van der Waals surface area contributed by atoms with Gasteiger partial charge in [0.05, 0.1) is 6.54 Å². The van der Waals surface area contributed by atoms with Gasteiger partial charge in [-0.05, 0) is 23.7 Å². The largest absolute Gasteiger partial charge is 0.537 e. The van der Waals surface area contributed by atoms with Crippen molar-refractivity contribution in [3.05, 3.63) is 4.77 Å². The number of rotatable bonds is 6. The molecule has 7 nitrogen and oxygen atoms in total. The lowest BCUT2D eigenvalue weighted by Gasteiger charge is -2.04. The highest BCUT2D eigenvalue weighted by Gasteiger charge is 2.29. The number of tetrazole rings is 1. The maximum Gasteiger partial charge on any atom is 0.537 e. The number of hydrogen-bond acceptors (Lipinski definition) is 5. The molecule has 1 heterocycles. The minimum atomic E-state index is -2.34. The fraction of sp³-hybridized carbons (Fsp3) is 0.833. The maximum absolute atomic E-state index is 10.9. The third-order valence-electron chi connectivity index (χ3n) is 1.74. The van der Waals surface area contributed by atoms with Crippen LogP contribution in [0.1, 0.15) is 13.3 Å². The standard InChI is InChI=1S/C6H11N4O3PS/c1-2-13-5(14(11)12)3-4-10-6(15)7-8-9-10/h5H,2-4H2,1H3,(H-,7,9,11,12,15)/p+1. The summed E-state index contributed by atoms with van der Waals surface area (Å²) >= 11 is 4.85. The Hall–Kier alpha value is -0.690. The fourth-order valence-corrected chi connectivity index (χ4v) is 1.84. The topological polar surface area (TPSA) is 93.0 Å². The summed E-state index contributed by atoms with van der Waals surface area (Å²) in [5.41, 5.74) is 0. The molecule has 2 atom stereocenters. The monoisotopic (exact) mass is 251 g/mol. The molecular formula is C6H12N4O3PS+. The van der Waals surface area contributed by atoms with Crippen LogP contribution in [0.2, 0.25) is 0 Å². The highest BCUT2D eigenvalue weighted by molar-refractivity contribution is 7.71. The number of aryl methyl sites for hydroxylation is 1. The number of aromatic amines is 1. The molecule has 0 saturated heterocycles. The molecule has 0 bridgehead atoms. The number of aromatic nitrogens is 4. The van der Waals surface area contributed by atoms with Gasteiger partial charge in [0.1, 0.15) is 0 Å². The average Bonchev–Trinajstić information content (AvgIpc) is 2.58. The molecule has 9 heteroatoms. The molecule has 0 amide bonds. The molecule has 0 aliphatic carbocycles. The quantitative estimate of drug-likeness (QED) is 0.574. The molecule has 1 rings (SSSR count). The Labute approximate surface area is 92.3 Å². The van der Waals surface area contributed by atoms with Gasteiger partial charge in [-0.15, -0.1) is 0 Å². The van der Waals surface area contributed by atoms with E-state index in [9.17, 15) is 4.57 Å². The molecule has 0 radical (unpaired) electrons. The molecule has 2 N–H and O–H groups in total. The Kier molecular flexibility index (Phi) is 4.97. The van der Waals surface area contributed by atoms with Gasteiger partial charge in [-0.3, -0.25) is 0 Å². The van der Waals surface area contributed by atoms with Gasteiger partial charge in [0, 0.05) is 13.0 Å². The second-order valence-electron chi connectivity index (χ2n) is 2.74. The van der Waals surface area contributed by atoms with E-state index in [1.165, 1.54) is 4.68 Å². The van der Waals surface area contributed by atoms with Crippen LogP contribution in [-0.4, -0.2) is 37.6 Å². The Morgan fingerprint density at radius 1 is 1.80 bits per heavy atom. The second kappa shape index (κ2) is 6.02. The molecule has 0 saturated carbocycles. The lowest BCUT2D eigenvalue weighted by Crippen LogP contribution is -2.13. The van der Waals surface area contributed by atoms with Gasteiger partial charge in [0.25, 0.3) is 5.85 Å².